The number of likely N-dealkylation sites (N-methyl/N-ethyl adjacent to an activating group) is 1. The third kappa shape index (κ3) is 3.61. The molecule has 1 aromatic heterocycles. The number of pyridine rings is 1. The Bertz CT molecular complexity index is 425. The highest BCUT2D eigenvalue weighted by Crippen LogP contribution is 2.22. The van der Waals surface area contributed by atoms with Gasteiger partial charge in [-0.15, -0.1) is 0 Å². The van der Waals surface area contributed by atoms with Gasteiger partial charge in [-0.3, -0.25) is 9.78 Å². The normalized spacial score (nSPS) is 12.9. The van der Waals surface area contributed by atoms with Gasteiger partial charge >= 0.3 is 0 Å². The molecule has 0 aliphatic rings. The molecule has 1 atom stereocenters. The minimum Gasteiger partial charge on any atom is -0.396 e. The quantitative estimate of drug-likeness (QED) is 0.850. The molecule has 100 valence electrons. The van der Waals surface area contributed by atoms with E-state index in [1.54, 1.807) is 18.5 Å². The summed E-state index contributed by atoms with van der Waals surface area (Å²) in [6.07, 6.45) is 3.25. The molecule has 0 aliphatic heterocycles. The largest absolute Gasteiger partial charge is 0.396 e. The van der Waals surface area contributed by atoms with Crippen LogP contribution in [0.1, 0.15) is 27.7 Å². The second kappa shape index (κ2) is 5.25. The van der Waals surface area contributed by atoms with Gasteiger partial charge in [-0.2, -0.15) is 0 Å². The van der Waals surface area contributed by atoms with Crippen molar-refractivity contribution in [2.24, 2.45) is 0 Å². The van der Waals surface area contributed by atoms with Gasteiger partial charge in [0.25, 0.3) is 0 Å². The maximum atomic E-state index is 12.1. The summed E-state index contributed by atoms with van der Waals surface area (Å²) < 4.78 is 0. The van der Waals surface area contributed by atoms with Crippen LogP contribution in [-0.2, 0) is 4.79 Å². The molecule has 0 bridgehead atoms. The Labute approximate surface area is 108 Å². The van der Waals surface area contributed by atoms with Gasteiger partial charge in [-0.25, -0.2) is 0 Å². The lowest BCUT2D eigenvalue weighted by molar-refractivity contribution is -0.123. The van der Waals surface area contributed by atoms with E-state index in [2.05, 4.69) is 10.3 Å². The lowest BCUT2D eigenvalue weighted by Crippen LogP contribution is -2.50. The van der Waals surface area contributed by atoms with Gasteiger partial charge in [-0.05, 0) is 33.8 Å². The second-order valence-electron chi connectivity index (χ2n) is 5.46. The van der Waals surface area contributed by atoms with Crippen LogP contribution in [0.25, 0.3) is 0 Å². The summed E-state index contributed by atoms with van der Waals surface area (Å²) in [6, 6.07) is 1.50. The molecule has 0 radical (unpaired) electrons. The molecule has 1 unspecified atom stereocenters. The van der Waals surface area contributed by atoms with Crippen LogP contribution < -0.4 is 16.0 Å². The predicted octanol–water partition coefficient (Wildman–Crippen LogP) is 1.40. The summed E-state index contributed by atoms with van der Waals surface area (Å²) in [6.45, 7) is 7.72. The monoisotopic (exact) mass is 250 g/mol. The van der Waals surface area contributed by atoms with Crippen molar-refractivity contribution in [3.05, 3.63) is 18.5 Å². The zero-order chi connectivity index (χ0) is 13.9. The molecule has 1 amide bonds. The van der Waals surface area contributed by atoms with Gasteiger partial charge in [0.15, 0.2) is 0 Å². The van der Waals surface area contributed by atoms with E-state index in [4.69, 9.17) is 5.73 Å². The summed E-state index contributed by atoms with van der Waals surface area (Å²) in [5.41, 5.74) is 6.98. The summed E-state index contributed by atoms with van der Waals surface area (Å²) in [7, 11) is 1.85. The first-order chi connectivity index (χ1) is 8.22. The van der Waals surface area contributed by atoms with Gasteiger partial charge in [0.2, 0.25) is 5.91 Å². The van der Waals surface area contributed by atoms with Gasteiger partial charge in [0, 0.05) is 18.8 Å². The summed E-state index contributed by atoms with van der Waals surface area (Å²) >= 11 is 0. The highest BCUT2D eigenvalue weighted by atomic mass is 16.2. The van der Waals surface area contributed by atoms with Crippen molar-refractivity contribution < 1.29 is 4.79 Å². The molecule has 0 fully saturated rings. The number of hydrogen-bond donors (Lipinski definition) is 2. The number of amides is 1. The number of rotatable bonds is 3. The maximum Gasteiger partial charge on any atom is 0.242 e. The van der Waals surface area contributed by atoms with E-state index in [0.717, 1.165) is 5.69 Å². The smallest absolute Gasteiger partial charge is 0.242 e. The van der Waals surface area contributed by atoms with Crippen molar-refractivity contribution in [3.8, 4) is 0 Å². The van der Waals surface area contributed by atoms with Crippen molar-refractivity contribution in [1.29, 1.82) is 0 Å². The molecule has 5 heteroatoms. The molecule has 1 aromatic rings. The number of nitrogen functional groups attached to an aromatic ring is 1. The number of nitrogens with two attached hydrogens (primary N) is 1. The highest BCUT2D eigenvalue weighted by molar-refractivity contribution is 5.86. The SMILES string of the molecule is CC(C(=O)NC(C)(C)C)N(C)c1ccncc1N. The fourth-order valence-electron chi connectivity index (χ4n) is 1.58. The van der Waals surface area contributed by atoms with Crippen molar-refractivity contribution in [3.63, 3.8) is 0 Å². The second-order valence-corrected chi connectivity index (χ2v) is 5.46. The van der Waals surface area contributed by atoms with E-state index in [-0.39, 0.29) is 17.5 Å². The molecule has 0 aromatic carbocycles. The molecule has 0 spiro atoms. The molecule has 0 saturated carbocycles. The van der Waals surface area contributed by atoms with Crippen molar-refractivity contribution in [1.82, 2.24) is 10.3 Å². The van der Waals surface area contributed by atoms with E-state index in [9.17, 15) is 4.79 Å². The topological polar surface area (TPSA) is 71.2 Å². The van der Waals surface area contributed by atoms with Crippen LogP contribution in [0.2, 0.25) is 0 Å². The average molecular weight is 250 g/mol. The molecule has 0 aliphatic carbocycles. The number of hydrogen-bond acceptors (Lipinski definition) is 4. The fourth-order valence-corrected chi connectivity index (χ4v) is 1.58. The Kier molecular flexibility index (Phi) is 4.16. The van der Waals surface area contributed by atoms with Crippen LogP contribution in [0.5, 0.6) is 0 Å². The number of aromatic nitrogens is 1. The summed E-state index contributed by atoms with van der Waals surface area (Å²) in [5, 5.41) is 2.95. The van der Waals surface area contributed by atoms with Gasteiger partial charge in [-0.1, -0.05) is 0 Å². The van der Waals surface area contributed by atoms with Crippen LogP contribution >= 0.6 is 0 Å². The fraction of sp³-hybridized carbons (Fsp3) is 0.538. The zero-order valence-electron chi connectivity index (χ0n) is 11.7. The Balaban J connectivity index is 2.82. The Morgan fingerprint density at radius 2 is 2.11 bits per heavy atom. The summed E-state index contributed by atoms with van der Waals surface area (Å²) in [4.78, 5) is 17.9. The zero-order valence-corrected chi connectivity index (χ0v) is 11.7. The van der Waals surface area contributed by atoms with Crippen LogP contribution in [0, 0.1) is 0 Å². The molecule has 5 nitrogen and oxygen atoms in total. The van der Waals surface area contributed by atoms with Crippen LogP contribution in [-0.4, -0.2) is 29.5 Å². The number of nitrogens with zero attached hydrogens (tertiary/aromatic N) is 2. The van der Waals surface area contributed by atoms with Crippen LogP contribution in [0.3, 0.4) is 0 Å². The molecule has 1 heterocycles. The van der Waals surface area contributed by atoms with Crippen molar-refractivity contribution in [2.75, 3.05) is 17.7 Å². The first kappa shape index (κ1) is 14.3. The lowest BCUT2D eigenvalue weighted by Gasteiger charge is -2.30. The predicted molar refractivity (Wildman–Crippen MR) is 74.4 cm³/mol. The van der Waals surface area contributed by atoms with E-state index >= 15 is 0 Å². The number of anilines is 2. The first-order valence-corrected chi connectivity index (χ1v) is 5.96. The molecular formula is C13H22N4O. The van der Waals surface area contributed by atoms with Crippen LogP contribution in [0.4, 0.5) is 11.4 Å². The maximum absolute atomic E-state index is 12.1. The average Bonchev–Trinajstić information content (AvgIpc) is 2.25. The first-order valence-electron chi connectivity index (χ1n) is 5.96. The minimum atomic E-state index is -0.297. The Hall–Kier alpha value is -1.78. The van der Waals surface area contributed by atoms with Crippen molar-refractivity contribution >= 4 is 17.3 Å². The number of carbonyl (C=O) groups is 1. The standard InChI is InChI=1S/C13H22N4O/c1-9(12(18)16-13(2,3)4)17(5)11-6-7-15-8-10(11)14/h6-9H,14H2,1-5H3,(H,16,18). The van der Waals surface area contributed by atoms with Crippen molar-refractivity contribution in [2.45, 2.75) is 39.3 Å². The Morgan fingerprint density at radius 1 is 1.50 bits per heavy atom. The minimum absolute atomic E-state index is 0.0267. The van der Waals surface area contributed by atoms with E-state index in [1.807, 2.05) is 39.6 Å². The molecular weight excluding hydrogens is 228 g/mol. The van der Waals surface area contributed by atoms with E-state index in [0.29, 0.717) is 5.69 Å². The number of nitrogens with one attached hydrogen (secondary N) is 1. The summed E-state index contributed by atoms with van der Waals surface area (Å²) in [5.74, 6) is -0.0267. The van der Waals surface area contributed by atoms with Crippen LogP contribution in [0.15, 0.2) is 18.5 Å². The highest BCUT2D eigenvalue weighted by Gasteiger charge is 2.23. The molecule has 18 heavy (non-hydrogen) atoms. The third-order valence-electron chi connectivity index (χ3n) is 2.67. The van der Waals surface area contributed by atoms with Gasteiger partial charge < -0.3 is 16.0 Å². The third-order valence-corrected chi connectivity index (χ3v) is 2.67. The van der Waals surface area contributed by atoms with Gasteiger partial charge in [0.1, 0.15) is 6.04 Å². The molecule has 1 rings (SSSR count). The van der Waals surface area contributed by atoms with E-state index in [1.165, 1.54) is 0 Å². The van der Waals surface area contributed by atoms with E-state index < -0.39 is 0 Å². The van der Waals surface area contributed by atoms with Gasteiger partial charge in [0.05, 0.1) is 17.6 Å². The molecule has 0 saturated heterocycles. The molecule has 3 N–H and O–H groups in total. The Morgan fingerprint density at radius 3 is 2.61 bits per heavy atom. The lowest BCUT2D eigenvalue weighted by atomic mass is 10.1. The number of carbonyl (C=O) groups excluding carboxylic acids is 1.